The third kappa shape index (κ3) is 4.32. The lowest BCUT2D eigenvalue weighted by atomic mass is 9.98. The normalized spacial score (nSPS) is 20.0. The number of ether oxygens (including phenoxy) is 4. The highest BCUT2D eigenvalue weighted by Crippen LogP contribution is 2.35. The predicted octanol–water partition coefficient (Wildman–Crippen LogP) is 2.46. The molecule has 6 heteroatoms. The maximum Gasteiger partial charge on any atom is 0.310 e. The summed E-state index contributed by atoms with van der Waals surface area (Å²) in [4.78, 5) is 14.2. The Kier molecular flexibility index (Phi) is 5.80. The van der Waals surface area contributed by atoms with Crippen molar-refractivity contribution in [1.82, 2.24) is 4.90 Å². The molecule has 2 aliphatic rings. The van der Waals surface area contributed by atoms with Crippen LogP contribution in [0.25, 0.3) is 0 Å². The van der Waals surface area contributed by atoms with Crippen molar-refractivity contribution in [3.63, 3.8) is 0 Å². The molecule has 0 N–H and O–H groups in total. The van der Waals surface area contributed by atoms with Crippen LogP contribution in [-0.4, -0.2) is 50.5 Å². The van der Waals surface area contributed by atoms with Gasteiger partial charge in [-0.2, -0.15) is 0 Å². The summed E-state index contributed by atoms with van der Waals surface area (Å²) in [7, 11) is 0. The maximum atomic E-state index is 11.9. The van der Waals surface area contributed by atoms with Crippen molar-refractivity contribution in [2.75, 3.05) is 39.6 Å². The third-order valence-corrected chi connectivity index (χ3v) is 4.36. The fourth-order valence-corrected chi connectivity index (χ4v) is 3.16. The van der Waals surface area contributed by atoms with Gasteiger partial charge in [0.2, 0.25) is 6.79 Å². The second-order valence-electron chi connectivity index (χ2n) is 6.11. The molecule has 1 aromatic rings. The fraction of sp³-hybridized carbons (Fsp3) is 0.611. The molecule has 6 nitrogen and oxygen atoms in total. The first-order chi connectivity index (χ1) is 11.8. The quantitative estimate of drug-likeness (QED) is 0.563. The van der Waals surface area contributed by atoms with Gasteiger partial charge < -0.3 is 23.8 Å². The first kappa shape index (κ1) is 16.9. The zero-order valence-corrected chi connectivity index (χ0v) is 14.2. The monoisotopic (exact) mass is 335 g/mol. The van der Waals surface area contributed by atoms with Crippen LogP contribution < -0.4 is 14.2 Å². The lowest BCUT2D eigenvalue weighted by Gasteiger charge is -2.31. The van der Waals surface area contributed by atoms with Crippen molar-refractivity contribution < 1.29 is 23.7 Å². The van der Waals surface area contributed by atoms with Crippen LogP contribution in [0.1, 0.15) is 26.2 Å². The summed E-state index contributed by atoms with van der Waals surface area (Å²) in [5.41, 5.74) is 0. The molecule has 1 aromatic carbocycles. The van der Waals surface area contributed by atoms with Crippen LogP contribution in [0.15, 0.2) is 18.2 Å². The maximum absolute atomic E-state index is 11.9. The summed E-state index contributed by atoms with van der Waals surface area (Å²) in [6, 6.07) is 5.62. The summed E-state index contributed by atoms with van der Waals surface area (Å²) >= 11 is 0. The van der Waals surface area contributed by atoms with Crippen LogP contribution in [0.5, 0.6) is 17.2 Å². The van der Waals surface area contributed by atoms with E-state index in [1.54, 1.807) is 0 Å². The Hall–Kier alpha value is -1.95. The number of esters is 1. The molecule has 3 rings (SSSR count). The fourth-order valence-electron chi connectivity index (χ4n) is 3.16. The number of hydrogen-bond donors (Lipinski definition) is 0. The van der Waals surface area contributed by atoms with Gasteiger partial charge >= 0.3 is 5.97 Å². The van der Waals surface area contributed by atoms with Gasteiger partial charge in [0, 0.05) is 19.2 Å². The molecule has 0 aliphatic carbocycles. The van der Waals surface area contributed by atoms with Crippen molar-refractivity contribution in [2.45, 2.75) is 26.2 Å². The van der Waals surface area contributed by atoms with E-state index in [0.717, 1.165) is 56.1 Å². The lowest BCUT2D eigenvalue weighted by Crippen LogP contribution is -2.40. The van der Waals surface area contributed by atoms with Gasteiger partial charge in [0.05, 0.1) is 19.1 Å². The number of nitrogens with zero attached hydrogens (tertiary/aromatic N) is 1. The summed E-state index contributed by atoms with van der Waals surface area (Å²) in [5, 5.41) is 0. The Bertz CT molecular complexity index is 562. The standard InChI is InChI=1S/C18H25NO5/c1-2-21-18(20)14-5-3-8-19(12-14)9-4-10-22-15-6-7-16-17(11-15)24-13-23-16/h6-7,11,14H,2-5,8-10,12-13H2,1H3/t14-/m1/s1. The van der Waals surface area contributed by atoms with E-state index in [-0.39, 0.29) is 18.7 Å². The van der Waals surface area contributed by atoms with E-state index in [1.807, 2.05) is 25.1 Å². The number of likely N-dealkylation sites (tertiary alicyclic amines) is 1. The number of hydrogen-bond acceptors (Lipinski definition) is 6. The molecule has 0 saturated carbocycles. The average Bonchev–Trinajstić information content (AvgIpc) is 3.07. The van der Waals surface area contributed by atoms with E-state index in [9.17, 15) is 4.79 Å². The Morgan fingerprint density at radius 2 is 2.21 bits per heavy atom. The van der Waals surface area contributed by atoms with Crippen LogP contribution in [0, 0.1) is 5.92 Å². The van der Waals surface area contributed by atoms with Gasteiger partial charge in [0.1, 0.15) is 5.75 Å². The number of carbonyl (C=O) groups excluding carboxylic acids is 1. The summed E-state index contributed by atoms with van der Waals surface area (Å²) < 4.78 is 21.5. The minimum Gasteiger partial charge on any atom is -0.493 e. The van der Waals surface area contributed by atoms with Gasteiger partial charge in [-0.15, -0.1) is 0 Å². The minimum absolute atomic E-state index is 0.0217. The highest BCUT2D eigenvalue weighted by molar-refractivity contribution is 5.72. The van der Waals surface area contributed by atoms with Crippen molar-refractivity contribution in [2.24, 2.45) is 5.92 Å². The number of rotatable bonds is 7. The third-order valence-electron chi connectivity index (χ3n) is 4.36. The van der Waals surface area contributed by atoms with E-state index in [2.05, 4.69) is 4.90 Å². The zero-order chi connectivity index (χ0) is 16.8. The predicted molar refractivity (Wildman–Crippen MR) is 88.5 cm³/mol. The number of fused-ring (bicyclic) bond motifs is 1. The Balaban J connectivity index is 1.38. The van der Waals surface area contributed by atoms with E-state index < -0.39 is 0 Å². The molecule has 0 aromatic heterocycles. The Morgan fingerprint density at radius 1 is 1.33 bits per heavy atom. The summed E-state index contributed by atoms with van der Waals surface area (Å²) in [6.45, 7) is 5.99. The second-order valence-corrected chi connectivity index (χ2v) is 6.11. The average molecular weight is 335 g/mol. The number of benzene rings is 1. The molecule has 0 spiro atoms. The highest BCUT2D eigenvalue weighted by Gasteiger charge is 2.26. The highest BCUT2D eigenvalue weighted by atomic mass is 16.7. The lowest BCUT2D eigenvalue weighted by molar-refractivity contribution is -0.149. The van der Waals surface area contributed by atoms with Gasteiger partial charge in [-0.05, 0) is 44.9 Å². The molecule has 2 aliphatic heterocycles. The molecular weight excluding hydrogens is 310 g/mol. The Morgan fingerprint density at radius 3 is 3.08 bits per heavy atom. The first-order valence-corrected chi connectivity index (χ1v) is 8.67. The van der Waals surface area contributed by atoms with Crippen molar-refractivity contribution in [3.8, 4) is 17.2 Å². The van der Waals surface area contributed by atoms with Crippen molar-refractivity contribution >= 4 is 5.97 Å². The molecule has 0 bridgehead atoms. The van der Waals surface area contributed by atoms with Crippen LogP contribution >= 0.6 is 0 Å². The van der Waals surface area contributed by atoms with E-state index in [0.29, 0.717) is 13.2 Å². The molecule has 0 unspecified atom stereocenters. The van der Waals surface area contributed by atoms with Crippen LogP contribution in [0.2, 0.25) is 0 Å². The summed E-state index contributed by atoms with van der Waals surface area (Å²) in [5.74, 6) is 2.26. The van der Waals surface area contributed by atoms with E-state index >= 15 is 0 Å². The van der Waals surface area contributed by atoms with E-state index in [1.165, 1.54) is 0 Å². The molecule has 0 radical (unpaired) electrons. The van der Waals surface area contributed by atoms with Crippen LogP contribution in [0.3, 0.4) is 0 Å². The topological polar surface area (TPSA) is 57.2 Å². The smallest absolute Gasteiger partial charge is 0.310 e. The van der Waals surface area contributed by atoms with Crippen molar-refractivity contribution in [1.29, 1.82) is 0 Å². The van der Waals surface area contributed by atoms with Gasteiger partial charge in [0.25, 0.3) is 0 Å². The Labute approximate surface area is 142 Å². The SMILES string of the molecule is CCOC(=O)[C@@H]1CCCN(CCCOc2ccc3c(c2)OCO3)C1. The van der Waals surface area contributed by atoms with Gasteiger partial charge in [-0.3, -0.25) is 4.79 Å². The summed E-state index contributed by atoms with van der Waals surface area (Å²) in [6.07, 6.45) is 2.90. The molecule has 2 heterocycles. The molecule has 132 valence electrons. The number of piperidine rings is 1. The van der Waals surface area contributed by atoms with Gasteiger partial charge in [-0.1, -0.05) is 0 Å². The van der Waals surface area contributed by atoms with Crippen molar-refractivity contribution in [3.05, 3.63) is 18.2 Å². The molecule has 1 saturated heterocycles. The van der Waals surface area contributed by atoms with E-state index in [4.69, 9.17) is 18.9 Å². The zero-order valence-electron chi connectivity index (χ0n) is 14.2. The van der Waals surface area contributed by atoms with Crippen LogP contribution in [-0.2, 0) is 9.53 Å². The number of carbonyl (C=O) groups is 1. The van der Waals surface area contributed by atoms with Crippen LogP contribution in [0.4, 0.5) is 0 Å². The first-order valence-electron chi connectivity index (χ1n) is 8.67. The molecule has 24 heavy (non-hydrogen) atoms. The van der Waals surface area contributed by atoms with Gasteiger partial charge in [0.15, 0.2) is 11.5 Å². The van der Waals surface area contributed by atoms with Gasteiger partial charge in [-0.25, -0.2) is 0 Å². The second kappa shape index (κ2) is 8.24. The molecule has 1 fully saturated rings. The minimum atomic E-state index is -0.0567. The largest absolute Gasteiger partial charge is 0.493 e. The molecular formula is C18H25NO5. The molecule has 0 amide bonds. The molecule has 1 atom stereocenters.